The molecule has 0 unspecified atom stereocenters. The number of rotatable bonds is 4. The molecule has 4 rings (SSSR count). The van der Waals surface area contributed by atoms with Crippen molar-refractivity contribution in [3.8, 4) is 33.7 Å². The minimum Gasteiger partial charge on any atom is -0.495 e. The van der Waals surface area contributed by atoms with Gasteiger partial charge in [-0.05, 0) is 41.5 Å². The molecule has 8 heteroatoms. The van der Waals surface area contributed by atoms with E-state index in [4.69, 9.17) is 17.7 Å². The molecule has 0 aliphatic carbocycles. The maximum absolute atomic E-state index is 14.5. The highest BCUT2D eigenvalue weighted by molar-refractivity contribution is 6.32. The van der Waals surface area contributed by atoms with Gasteiger partial charge in [-0.25, -0.2) is 14.2 Å². The molecule has 2 aromatic heterocycles. The molecule has 4 aromatic rings. The first-order chi connectivity index (χ1) is 14.9. The second kappa shape index (κ2) is 7.76. The van der Waals surface area contributed by atoms with Crippen molar-refractivity contribution in [3.05, 3.63) is 88.3 Å². The number of halogens is 3. The van der Waals surface area contributed by atoms with Gasteiger partial charge in [-0.15, -0.1) is 0 Å². The van der Waals surface area contributed by atoms with Gasteiger partial charge in [0.2, 0.25) is 5.95 Å². The zero-order chi connectivity index (χ0) is 22.1. The van der Waals surface area contributed by atoms with Gasteiger partial charge in [-0.3, -0.25) is 4.57 Å². The Labute approximate surface area is 177 Å². The summed E-state index contributed by atoms with van der Waals surface area (Å²) in [5.74, 6) is -0.886. The molecule has 0 saturated carbocycles. The van der Waals surface area contributed by atoms with Gasteiger partial charge in [-0.1, -0.05) is 17.7 Å². The zero-order valence-corrected chi connectivity index (χ0v) is 16.5. The third-order valence-electron chi connectivity index (χ3n) is 4.66. The van der Waals surface area contributed by atoms with Crippen molar-refractivity contribution in [3.63, 3.8) is 0 Å². The van der Waals surface area contributed by atoms with Crippen molar-refractivity contribution in [2.45, 2.75) is 0 Å². The van der Waals surface area contributed by atoms with E-state index in [-0.39, 0.29) is 12.0 Å². The second-order valence-electron chi connectivity index (χ2n) is 6.49. The zero-order valence-electron chi connectivity index (χ0n) is 16.8. The van der Waals surface area contributed by atoms with E-state index < -0.39 is 17.5 Å². The van der Waals surface area contributed by atoms with Gasteiger partial charge in [0.05, 0.1) is 17.8 Å². The first-order valence-electron chi connectivity index (χ1n) is 9.50. The summed E-state index contributed by atoms with van der Waals surface area (Å²) < 4.78 is 43.6. The van der Waals surface area contributed by atoms with Crippen LogP contribution in [0, 0.1) is 11.8 Å². The lowest BCUT2D eigenvalue weighted by Gasteiger charge is -2.15. The van der Waals surface area contributed by atoms with Crippen LogP contribution in [0.25, 0.3) is 27.9 Å². The lowest BCUT2D eigenvalue weighted by Crippen LogP contribution is -2.20. The number of aryl methyl sites for hydroxylation is 1. The Morgan fingerprint density at radius 2 is 1.80 bits per heavy atom. The van der Waals surface area contributed by atoms with Crippen LogP contribution in [0.5, 0.6) is 5.75 Å². The molecule has 0 radical (unpaired) electrons. The number of hydrogen-bond acceptors (Lipinski definition) is 3. The average molecular weight is 429 g/mol. The normalized spacial score (nSPS) is 11.4. The third-order valence-corrected chi connectivity index (χ3v) is 4.96. The van der Waals surface area contributed by atoms with Crippen molar-refractivity contribution in [1.82, 2.24) is 14.1 Å². The Kier molecular flexibility index (Phi) is 4.80. The number of aromatic nitrogens is 3. The SMILES string of the molecule is [2H]Cn1ccn(-c2ccc(-c3cc(F)cc(-c4ccnc(F)c4)c3OC)cc2Cl)c1=O. The highest BCUT2D eigenvalue weighted by atomic mass is 35.5. The van der Waals surface area contributed by atoms with Crippen molar-refractivity contribution >= 4 is 11.6 Å². The van der Waals surface area contributed by atoms with E-state index in [1.807, 2.05) is 0 Å². The number of ether oxygens (including phenoxy) is 1. The van der Waals surface area contributed by atoms with Crippen molar-refractivity contribution in [1.29, 1.82) is 0 Å². The van der Waals surface area contributed by atoms with Crippen LogP contribution in [0.3, 0.4) is 0 Å². The molecular weight excluding hydrogens is 412 g/mol. The predicted octanol–water partition coefficient (Wildman–Crippen LogP) is 4.85. The molecule has 0 spiro atoms. The summed E-state index contributed by atoms with van der Waals surface area (Å²) in [5, 5.41) is 0.255. The second-order valence-corrected chi connectivity index (χ2v) is 6.90. The van der Waals surface area contributed by atoms with E-state index in [9.17, 15) is 13.6 Å². The van der Waals surface area contributed by atoms with Crippen LogP contribution in [0.1, 0.15) is 1.37 Å². The number of methoxy groups -OCH3 is 1. The molecule has 5 nitrogen and oxygen atoms in total. The van der Waals surface area contributed by atoms with Crippen molar-refractivity contribution in [2.24, 2.45) is 7.02 Å². The molecule has 0 bridgehead atoms. The smallest absolute Gasteiger partial charge is 0.332 e. The standard InChI is InChI=1S/C22H16ClF2N3O2/c1-27-7-8-28(22(27)29)19-4-3-13(9-18(19)23)16-11-15(24)12-17(21(16)30-2)14-5-6-26-20(25)10-14/h3-12H,1-2H3/i1D. The fourth-order valence-electron chi connectivity index (χ4n) is 3.28. The Hall–Kier alpha value is -3.45. The van der Waals surface area contributed by atoms with E-state index in [0.717, 1.165) is 0 Å². The quantitative estimate of drug-likeness (QED) is 0.437. The van der Waals surface area contributed by atoms with Crippen molar-refractivity contribution in [2.75, 3.05) is 7.11 Å². The summed E-state index contributed by atoms with van der Waals surface area (Å²) in [6, 6.07) is 10.2. The fraction of sp³-hybridized carbons (Fsp3) is 0.0909. The van der Waals surface area contributed by atoms with Gasteiger partial charge < -0.3 is 9.30 Å². The van der Waals surface area contributed by atoms with E-state index in [2.05, 4.69) is 4.98 Å². The Bertz CT molecular complexity index is 1340. The van der Waals surface area contributed by atoms with Crippen LogP contribution in [0.4, 0.5) is 8.78 Å². The Balaban J connectivity index is 1.85. The summed E-state index contributed by atoms with van der Waals surface area (Å²) >= 11 is 6.44. The number of hydrogen-bond donors (Lipinski definition) is 0. The summed E-state index contributed by atoms with van der Waals surface area (Å²) in [5.41, 5.74) is 1.77. The van der Waals surface area contributed by atoms with Crippen LogP contribution in [0.15, 0.2) is 65.8 Å². The summed E-state index contributed by atoms with van der Waals surface area (Å²) in [7, 11) is 1.23. The molecule has 2 heterocycles. The van der Waals surface area contributed by atoms with E-state index in [0.29, 0.717) is 33.7 Å². The lowest BCUT2D eigenvalue weighted by molar-refractivity contribution is 0.417. The molecule has 0 aliphatic rings. The molecule has 0 fully saturated rings. The maximum atomic E-state index is 14.5. The van der Waals surface area contributed by atoms with E-state index in [1.165, 1.54) is 53.0 Å². The van der Waals surface area contributed by atoms with Crippen molar-refractivity contribution < 1.29 is 14.9 Å². The predicted molar refractivity (Wildman–Crippen MR) is 111 cm³/mol. The van der Waals surface area contributed by atoms with Gasteiger partial charge in [0.1, 0.15) is 11.6 Å². The van der Waals surface area contributed by atoms with E-state index in [1.54, 1.807) is 24.3 Å². The molecule has 30 heavy (non-hydrogen) atoms. The number of pyridine rings is 1. The van der Waals surface area contributed by atoms with Crippen LogP contribution in [0.2, 0.25) is 5.02 Å². The first-order valence-corrected chi connectivity index (χ1v) is 9.17. The Morgan fingerprint density at radius 1 is 1.07 bits per heavy atom. The lowest BCUT2D eigenvalue weighted by atomic mass is 9.97. The maximum Gasteiger partial charge on any atom is 0.332 e. The molecule has 0 atom stereocenters. The van der Waals surface area contributed by atoms with Crippen LogP contribution in [-0.4, -0.2) is 21.2 Å². The summed E-state index contributed by atoms with van der Waals surface area (Å²) in [6.45, 7) is 0. The molecule has 0 saturated heterocycles. The molecule has 0 amide bonds. The largest absolute Gasteiger partial charge is 0.495 e. The highest BCUT2D eigenvalue weighted by Gasteiger charge is 2.17. The highest BCUT2D eigenvalue weighted by Crippen LogP contribution is 2.41. The van der Waals surface area contributed by atoms with Gasteiger partial charge in [0.25, 0.3) is 0 Å². The van der Waals surface area contributed by atoms with Crippen LogP contribution >= 0.6 is 11.6 Å². The fourth-order valence-corrected chi connectivity index (χ4v) is 3.55. The molecular formula is C22H16ClF2N3O2. The van der Waals surface area contributed by atoms with Gasteiger partial charge in [-0.2, -0.15) is 4.39 Å². The number of benzene rings is 2. The molecule has 152 valence electrons. The summed E-state index contributed by atoms with van der Waals surface area (Å²) in [4.78, 5) is 15.9. The molecule has 0 aliphatic heterocycles. The summed E-state index contributed by atoms with van der Waals surface area (Å²) in [6.07, 6.45) is 4.31. The number of imidazole rings is 1. The van der Waals surface area contributed by atoms with Gasteiger partial charge in [0.15, 0.2) is 0 Å². The number of nitrogens with zero attached hydrogens (tertiary/aromatic N) is 3. The Morgan fingerprint density at radius 3 is 2.40 bits per heavy atom. The van der Waals surface area contributed by atoms with Gasteiger partial charge >= 0.3 is 5.69 Å². The van der Waals surface area contributed by atoms with Crippen LogP contribution in [-0.2, 0) is 7.02 Å². The minimum atomic E-state index is -0.692. The average Bonchev–Trinajstić information content (AvgIpc) is 3.13. The molecule has 0 N–H and O–H groups in total. The van der Waals surface area contributed by atoms with Gasteiger partial charge in [0, 0.05) is 44.2 Å². The third kappa shape index (κ3) is 3.48. The first kappa shape index (κ1) is 18.6. The molecule has 2 aromatic carbocycles. The van der Waals surface area contributed by atoms with E-state index >= 15 is 0 Å². The van der Waals surface area contributed by atoms with Crippen LogP contribution < -0.4 is 10.4 Å². The minimum absolute atomic E-state index is 0.208. The topological polar surface area (TPSA) is 49.0 Å². The monoisotopic (exact) mass is 428 g/mol.